The molecule has 0 aliphatic heterocycles. The molecule has 0 aliphatic carbocycles. The third-order valence-corrected chi connectivity index (χ3v) is 3.96. The molecule has 0 spiro atoms. The first kappa shape index (κ1) is 14.1. The number of aromatic carboxylic acids is 1. The minimum Gasteiger partial charge on any atom is -0.478 e. The van der Waals surface area contributed by atoms with Gasteiger partial charge >= 0.3 is 5.97 Å². The van der Waals surface area contributed by atoms with Crippen molar-refractivity contribution in [1.82, 2.24) is 5.16 Å². The summed E-state index contributed by atoms with van der Waals surface area (Å²) in [5.41, 5.74) is 0.936. The highest BCUT2D eigenvalue weighted by Gasteiger charge is 2.19. The Bertz CT molecular complexity index is 764. The maximum Gasteiger partial charge on any atom is 0.335 e. The number of anilines is 1. The monoisotopic (exact) mass is 296 g/mol. The van der Waals surface area contributed by atoms with Gasteiger partial charge in [0, 0.05) is 6.07 Å². The zero-order chi connectivity index (χ0) is 14.9. The van der Waals surface area contributed by atoms with Gasteiger partial charge in [0.15, 0.2) is 0 Å². The van der Waals surface area contributed by atoms with Crippen LogP contribution in [0.15, 0.2) is 33.7 Å². The van der Waals surface area contributed by atoms with Crippen LogP contribution in [-0.4, -0.2) is 24.7 Å². The first-order chi connectivity index (χ1) is 9.29. The van der Waals surface area contributed by atoms with Gasteiger partial charge in [0.1, 0.15) is 0 Å². The lowest BCUT2D eigenvalue weighted by molar-refractivity contribution is 0.0696. The Morgan fingerprint density at radius 3 is 2.55 bits per heavy atom. The number of nitrogens with one attached hydrogen (secondary N) is 1. The van der Waals surface area contributed by atoms with Crippen molar-refractivity contribution in [3.8, 4) is 0 Å². The standard InChI is InChI=1S/C12H12N2O5S/c1-7-3-4-9(6-10(7)12(15)16)20(17,18)14-11-5-8(2)13-19-11/h3-6,14H,1-2H3,(H,15,16). The summed E-state index contributed by atoms with van der Waals surface area (Å²) in [6.45, 7) is 3.24. The van der Waals surface area contributed by atoms with Crippen LogP contribution in [0.1, 0.15) is 21.6 Å². The number of nitrogens with zero attached hydrogens (tertiary/aromatic N) is 1. The largest absolute Gasteiger partial charge is 0.478 e. The summed E-state index contributed by atoms with van der Waals surface area (Å²) >= 11 is 0. The van der Waals surface area contributed by atoms with E-state index in [2.05, 4.69) is 9.88 Å². The van der Waals surface area contributed by atoms with E-state index in [4.69, 9.17) is 9.63 Å². The molecule has 0 fully saturated rings. The van der Waals surface area contributed by atoms with E-state index in [-0.39, 0.29) is 16.3 Å². The maximum absolute atomic E-state index is 12.1. The van der Waals surface area contributed by atoms with Crippen LogP contribution in [0.2, 0.25) is 0 Å². The second kappa shape index (κ2) is 4.97. The highest BCUT2D eigenvalue weighted by molar-refractivity contribution is 7.92. The molecule has 7 nitrogen and oxygen atoms in total. The number of hydrogen-bond acceptors (Lipinski definition) is 5. The van der Waals surface area contributed by atoms with E-state index in [0.29, 0.717) is 11.3 Å². The van der Waals surface area contributed by atoms with Gasteiger partial charge in [-0.3, -0.25) is 0 Å². The quantitative estimate of drug-likeness (QED) is 0.890. The van der Waals surface area contributed by atoms with Gasteiger partial charge in [-0.05, 0) is 31.5 Å². The van der Waals surface area contributed by atoms with E-state index in [9.17, 15) is 13.2 Å². The lowest BCUT2D eigenvalue weighted by atomic mass is 10.1. The molecule has 0 bridgehead atoms. The van der Waals surface area contributed by atoms with Crippen molar-refractivity contribution in [2.24, 2.45) is 0 Å². The fourth-order valence-electron chi connectivity index (χ4n) is 1.60. The van der Waals surface area contributed by atoms with E-state index in [0.717, 1.165) is 6.07 Å². The number of sulfonamides is 1. The van der Waals surface area contributed by atoms with E-state index in [1.54, 1.807) is 13.8 Å². The molecule has 1 aromatic heterocycles. The van der Waals surface area contributed by atoms with Crippen LogP contribution in [-0.2, 0) is 10.0 Å². The number of carboxylic acids is 1. The zero-order valence-corrected chi connectivity index (χ0v) is 11.6. The van der Waals surface area contributed by atoms with Crippen molar-refractivity contribution in [3.05, 3.63) is 41.1 Å². The first-order valence-corrected chi connectivity index (χ1v) is 7.08. The Kier molecular flexibility index (Phi) is 3.49. The third kappa shape index (κ3) is 2.80. The highest BCUT2D eigenvalue weighted by atomic mass is 32.2. The normalized spacial score (nSPS) is 11.3. The van der Waals surface area contributed by atoms with Gasteiger partial charge < -0.3 is 9.63 Å². The third-order valence-electron chi connectivity index (χ3n) is 2.61. The van der Waals surface area contributed by atoms with Gasteiger partial charge in [0.25, 0.3) is 10.0 Å². The molecule has 0 saturated heterocycles. The minimum absolute atomic E-state index is 0.0278. The molecule has 0 amide bonds. The lowest BCUT2D eigenvalue weighted by Crippen LogP contribution is -2.13. The maximum atomic E-state index is 12.1. The SMILES string of the molecule is Cc1cc(NS(=O)(=O)c2ccc(C)c(C(=O)O)c2)on1. The summed E-state index contributed by atoms with van der Waals surface area (Å²) in [6, 6.07) is 5.28. The van der Waals surface area contributed by atoms with E-state index in [1.807, 2.05) is 0 Å². The number of carboxylic acid groups (broad SMARTS) is 1. The number of carbonyl (C=O) groups is 1. The van der Waals surface area contributed by atoms with Gasteiger partial charge in [0.05, 0.1) is 16.2 Å². The molecular formula is C12H12N2O5S. The van der Waals surface area contributed by atoms with Crippen LogP contribution >= 0.6 is 0 Å². The van der Waals surface area contributed by atoms with Crippen LogP contribution in [0.4, 0.5) is 5.88 Å². The molecule has 8 heteroatoms. The van der Waals surface area contributed by atoms with E-state index < -0.39 is 16.0 Å². The van der Waals surface area contributed by atoms with Crippen molar-refractivity contribution in [2.75, 3.05) is 4.72 Å². The topological polar surface area (TPSA) is 110 Å². The highest BCUT2D eigenvalue weighted by Crippen LogP contribution is 2.19. The van der Waals surface area contributed by atoms with Crippen LogP contribution in [0.5, 0.6) is 0 Å². The van der Waals surface area contributed by atoms with Gasteiger partial charge in [-0.2, -0.15) is 0 Å². The summed E-state index contributed by atoms with van der Waals surface area (Å²) in [7, 11) is -3.92. The molecule has 2 N–H and O–H groups in total. The number of aromatic nitrogens is 1. The molecule has 2 rings (SSSR count). The van der Waals surface area contributed by atoms with Crippen LogP contribution in [0.25, 0.3) is 0 Å². The number of aryl methyl sites for hydroxylation is 2. The summed E-state index contributed by atoms with van der Waals surface area (Å²) in [6.07, 6.45) is 0. The molecule has 106 valence electrons. The summed E-state index contributed by atoms with van der Waals surface area (Å²) in [4.78, 5) is 10.9. The molecule has 0 aliphatic rings. The van der Waals surface area contributed by atoms with Crippen LogP contribution in [0.3, 0.4) is 0 Å². The molecular weight excluding hydrogens is 284 g/mol. The van der Waals surface area contributed by atoms with Crippen LogP contribution in [0, 0.1) is 13.8 Å². The Hall–Kier alpha value is -2.35. The Labute approximate surface area is 115 Å². The van der Waals surface area contributed by atoms with Gasteiger partial charge in [-0.15, -0.1) is 0 Å². The molecule has 1 aromatic carbocycles. The summed E-state index contributed by atoms with van der Waals surface area (Å²) < 4.78 is 31.2. The Morgan fingerprint density at radius 1 is 1.30 bits per heavy atom. The summed E-state index contributed by atoms with van der Waals surface area (Å²) in [5, 5.41) is 12.6. The molecule has 0 atom stereocenters. The van der Waals surface area contributed by atoms with Crippen molar-refractivity contribution >= 4 is 21.9 Å². The molecule has 2 aromatic rings. The van der Waals surface area contributed by atoms with E-state index >= 15 is 0 Å². The first-order valence-electron chi connectivity index (χ1n) is 5.60. The second-order valence-electron chi connectivity index (χ2n) is 4.22. The van der Waals surface area contributed by atoms with E-state index in [1.165, 1.54) is 18.2 Å². The number of rotatable bonds is 4. The molecule has 0 unspecified atom stereocenters. The van der Waals surface area contributed by atoms with Gasteiger partial charge in [-0.1, -0.05) is 11.2 Å². The van der Waals surface area contributed by atoms with Gasteiger partial charge in [0.2, 0.25) is 5.88 Å². The van der Waals surface area contributed by atoms with Crippen LogP contribution < -0.4 is 4.72 Å². The molecule has 20 heavy (non-hydrogen) atoms. The average molecular weight is 296 g/mol. The number of benzene rings is 1. The minimum atomic E-state index is -3.92. The van der Waals surface area contributed by atoms with Gasteiger partial charge in [-0.25, -0.2) is 17.9 Å². The fraction of sp³-hybridized carbons (Fsp3) is 0.167. The predicted octanol–water partition coefficient (Wildman–Crippen LogP) is 1.79. The second-order valence-corrected chi connectivity index (χ2v) is 5.90. The average Bonchev–Trinajstić information content (AvgIpc) is 2.73. The smallest absolute Gasteiger partial charge is 0.335 e. The zero-order valence-electron chi connectivity index (χ0n) is 10.7. The van der Waals surface area contributed by atoms with Crippen molar-refractivity contribution in [2.45, 2.75) is 18.7 Å². The molecule has 0 radical (unpaired) electrons. The van der Waals surface area contributed by atoms with Crippen molar-refractivity contribution < 1.29 is 22.8 Å². The number of hydrogen-bond donors (Lipinski definition) is 2. The Balaban J connectivity index is 2.39. The van der Waals surface area contributed by atoms with Crippen molar-refractivity contribution in [1.29, 1.82) is 0 Å². The lowest BCUT2D eigenvalue weighted by Gasteiger charge is -2.07. The van der Waals surface area contributed by atoms with Crippen molar-refractivity contribution in [3.63, 3.8) is 0 Å². The fourth-order valence-corrected chi connectivity index (χ4v) is 2.60. The Morgan fingerprint density at radius 2 is 2.00 bits per heavy atom. The molecule has 0 saturated carbocycles. The predicted molar refractivity (Wildman–Crippen MR) is 70.2 cm³/mol. The summed E-state index contributed by atoms with van der Waals surface area (Å²) in [5.74, 6) is -1.21. The molecule has 1 heterocycles.